The summed E-state index contributed by atoms with van der Waals surface area (Å²) in [5.74, 6) is 1.10. The summed E-state index contributed by atoms with van der Waals surface area (Å²) in [6.07, 6.45) is 0. The molecule has 3 rings (SSSR count). The molecule has 1 fully saturated rings. The van der Waals surface area contributed by atoms with Gasteiger partial charge in [0.2, 0.25) is 0 Å². The normalized spacial score (nSPS) is 19.7. The largest absolute Gasteiger partial charge is 0.497 e. The Morgan fingerprint density at radius 3 is 2.32 bits per heavy atom. The summed E-state index contributed by atoms with van der Waals surface area (Å²) in [6, 6.07) is 15.9. The lowest BCUT2D eigenvalue weighted by Gasteiger charge is -2.22. The lowest BCUT2D eigenvalue weighted by molar-refractivity contribution is -0.131. The first-order valence-electron chi connectivity index (χ1n) is 8.01. The summed E-state index contributed by atoms with van der Waals surface area (Å²) >= 11 is 0. The zero-order valence-corrected chi connectivity index (χ0v) is 14.2. The van der Waals surface area contributed by atoms with Crippen LogP contribution in [0.5, 0.6) is 11.5 Å². The Hall–Kier alpha value is -3.02. The second-order valence-electron chi connectivity index (χ2n) is 5.90. The van der Waals surface area contributed by atoms with Gasteiger partial charge in [0.1, 0.15) is 23.6 Å². The highest BCUT2D eigenvalue weighted by Gasteiger charge is 2.48. The molecule has 6 heteroatoms. The van der Waals surface area contributed by atoms with E-state index in [0.29, 0.717) is 17.1 Å². The molecule has 1 heterocycles. The van der Waals surface area contributed by atoms with Crippen molar-refractivity contribution in [2.45, 2.75) is 12.5 Å². The molecule has 25 heavy (non-hydrogen) atoms. The summed E-state index contributed by atoms with van der Waals surface area (Å²) in [6.45, 7) is 2.13. The van der Waals surface area contributed by atoms with E-state index in [-0.39, 0.29) is 19.1 Å². The zero-order valence-electron chi connectivity index (χ0n) is 14.2. The Kier molecular flexibility index (Phi) is 4.61. The van der Waals surface area contributed by atoms with Crippen LogP contribution in [0.2, 0.25) is 0 Å². The first kappa shape index (κ1) is 16.8. The number of methoxy groups -OCH3 is 1. The van der Waals surface area contributed by atoms with Crippen molar-refractivity contribution in [2.75, 3.05) is 20.3 Å². The molecule has 1 aliphatic heterocycles. The number of urea groups is 1. The van der Waals surface area contributed by atoms with Gasteiger partial charge in [-0.05, 0) is 36.8 Å². The molecule has 0 unspecified atom stereocenters. The first-order chi connectivity index (χ1) is 12.0. The lowest BCUT2D eigenvalue weighted by Crippen LogP contribution is -2.41. The molecule has 2 aromatic rings. The zero-order chi connectivity index (χ0) is 17.9. The number of nitrogens with one attached hydrogen (secondary N) is 1. The Bertz CT molecular complexity index is 761. The number of nitrogens with zero attached hydrogens (tertiary/aromatic N) is 1. The van der Waals surface area contributed by atoms with Gasteiger partial charge in [0.25, 0.3) is 5.91 Å². The molecule has 0 aliphatic carbocycles. The highest BCUT2D eigenvalue weighted by atomic mass is 16.5. The van der Waals surface area contributed by atoms with E-state index in [4.69, 9.17) is 9.47 Å². The van der Waals surface area contributed by atoms with Gasteiger partial charge in [0.15, 0.2) is 0 Å². The van der Waals surface area contributed by atoms with Crippen molar-refractivity contribution >= 4 is 11.9 Å². The standard InChI is InChI=1S/C19H20N2O4/c1-19(14-8-10-15(24-2)11-9-14)17(22)21(18(23)20-19)12-13-25-16-6-4-3-5-7-16/h3-11H,12-13H2,1-2H3,(H,20,23)/t19-/m0/s1. The molecule has 6 nitrogen and oxygen atoms in total. The number of imide groups is 1. The number of hydrogen-bond acceptors (Lipinski definition) is 4. The smallest absolute Gasteiger partial charge is 0.325 e. The fourth-order valence-electron chi connectivity index (χ4n) is 2.79. The Morgan fingerprint density at radius 1 is 1.00 bits per heavy atom. The van der Waals surface area contributed by atoms with E-state index in [9.17, 15) is 9.59 Å². The van der Waals surface area contributed by atoms with Crippen LogP contribution in [-0.2, 0) is 10.3 Å². The molecule has 3 amide bonds. The average Bonchev–Trinajstić information content (AvgIpc) is 2.86. The van der Waals surface area contributed by atoms with Gasteiger partial charge < -0.3 is 14.8 Å². The maximum atomic E-state index is 12.8. The highest BCUT2D eigenvalue weighted by Crippen LogP contribution is 2.29. The summed E-state index contributed by atoms with van der Waals surface area (Å²) in [7, 11) is 1.58. The number of carbonyl (C=O) groups is 2. The topological polar surface area (TPSA) is 67.9 Å². The minimum Gasteiger partial charge on any atom is -0.497 e. The molecule has 1 aliphatic rings. The highest BCUT2D eigenvalue weighted by molar-refractivity contribution is 6.07. The predicted octanol–water partition coefficient (Wildman–Crippen LogP) is 2.54. The first-order valence-corrected chi connectivity index (χ1v) is 8.01. The number of hydrogen-bond donors (Lipinski definition) is 1. The molecule has 130 valence electrons. The van der Waals surface area contributed by atoms with Crippen LogP contribution in [0, 0.1) is 0 Å². The molecule has 1 atom stereocenters. The van der Waals surface area contributed by atoms with Crippen molar-refractivity contribution in [1.29, 1.82) is 0 Å². The van der Waals surface area contributed by atoms with Gasteiger partial charge in [0.05, 0.1) is 13.7 Å². The van der Waals surface area contributed by atoms with Crippen LogP contribution in [0.3, 0.4) is 0 Å². The summed E-state index contributed by atoms with van der Waals surface area (Å²) < 4.78 is 10.7. The van der Waals surface area contributed by atoms with Crippen molar-refractivity contribution < 1.29 is 19.1 Å². The molecule has 1 N–H and O–H groups in total. The van der Waals surface area contributed by atoms with E-state index >= 15 is 0 Å². The Balaban J connectivity index is 1.68. The number of benzene rings is 2. The van der Waals surface area contributed by atoms with E-state index in [1.54, 1.807) is 38.3 Å². The molecule has 0 radical (unpaired) electrons. The van der Waals surface area contributed by atoms with E-state index in [0.717, 1.165) is 0 Å². The van der Waals surface area contributed by atoms with Crippen LogP contribution in [0.15, 0.2) is 54.6 Å². The quantitative estimate of drug-likeness (QED) is 0.821. The van der Waals surface area contributed by atoms with Crippen molar-refractivity contribution in [3.63, 3.8) is 0 Å². The van der Waals surface area contributed by atoms with Gasteiger partial charge in [-0.1, -0.05) is 30.3 Å². The molecule has 2 aromatic carbocycles. The molecular formula is C19H20N2O4. The van der Waals surface area contributed by atoms with E-state index in [1.165, 1.54) is 4.90 Å². The lowest BCUT2D eigenvalue weighted by atomic mass is 9.92. The Labute approximate surface area is 146 Å². The number of carbonyl (C=O) groups excluding carboxylic acids is 2. The van der Waals surface area contributed by atoms with Crippen LogP contribution < -0.4 is 14.8 Å². The molecule has 0 aromatic heterocycles. The van der Waals surface area contributed by atoms with Crippen molar-refractivity contribution in [2.24, 2.45) is 0 Å². The second-order valence-corrected chi connectivity index (χ2v) is 5.90. The monoisotopic (exact) mass is 340 g/mol. The number of rotatable bonds is 6. The van der Waals surface area contributed by atoms with Crippen LogP contribution in [0.25, 0.3) is 0 Å². The molecule has 0 saturated carbocycles. The van der Waals surface area contributed by atoms with Gasteiger partial charge in [0, 0.05) is 0 Å². The number of para-hydroxylation sites is 1. The van der Waals surface area contributed by atoms with Crippen LogP contribution in [-0.4, -0.2) is 37.1 Å². The minimum atomic E-state index is -1.09. The molecular weight excluding hydrogens is 320 g/mol. The third-order valence-electron chi connectivity index (χ3n) is 4.27. The Morgan fingerprint density at radius 2 is 1.68 bits per heavy atom. The second kappa shape index (κ2) is 6.84. The minimum absolute atomic E-state index is 0.186. The summed E-state index contributed by atoms with van der Waals surface area (Å²) in [4.78, 5) is 26.2. The SMILES string of the molecule is COc1ccc([C@]2(C)NC(=O)N(CCOc3ccccc3)C2=O)cc1. The fraction of sp³-hybridized carbons (Fsp3) is 0.263. The summed E-state index contributed by atoms with van der Waals surface area (Å²) in [5, 5.41) is 2.77. The maximum absolute atomic E-state index is 12.8. The van der Waals surface area contributed by atoms with Crippen molar-refractivity contribution in [3.05, 3.63) is 60.2 Å². The van der Waals surface area contributed by atoms with Gasteiger partial charge >= 0.3 is 6.03 Å². The van der Waals surface area contributed by atoms with Crippen LogP contribution in [0.4, 0.5) is 4.79 Å². The van der Waals surface area contributed by atoms with Crippen molar-refractivity contribution in [1.82, 2.24) is 10.2 Å². The van der Waals surface area contributed by atoms with Gasteiger partial charge in [-0.3, -0.25) is 9.69 Å². The average molecular weight is 340 g/mol. The van der Waals surface area contributed by atoms with Crippen LogP contribution >= 0.6 is 0 Å². The van der Waals surface area contributed by atoms with Crippen LogP contribution in [0.1, 0.15) is 12.5 Å². The van der Waals surface area contributed by atoms with Gasteiger partial charge in [-0.15, -0.1) is 0 Å². The fourth-order valence-corrected chi connectivity index (χ4v) is 2.79. The maximum Gasteiger partial charge on any atom is 0.325 e. The van der Waals surface area contributed by atoms with Gasteiger partial charge in [-0.2, -0.15) is 0 Å². The molecule has 0 spiro atoms. The third-order valence-corrected chi connectivity index (χ3v) is 4.27. The number of ether oxygens (including phenoxy) is 2. The van der Waals surface area contributed by atoms with Crippen molar-refractivity contribution in [3.8, 4) is 11.5 Å². The number of amides is 3. The van der Waals surface area contributed by atoms with E-state index in [2.05, 4.69) is 5.32 Å². The van der Waals surface area contributed by atoms with Gasteiger partial charge in [-0.25, -0.2) is 4.79 Å². The summed E-state index contributed by atoms with van der Waals surface area (Å²) in [5.41, 5.74) is -0.381. The third kappa shape index (κ3) is 3.28. The molecule has 0 bridgehead atoms. The van der Waals surface area contributed by atoms with E-state index in [1.807, 2.05) is 30.3 Å². The predicted molar refractivity (Wildman–Crippen MR) is 92.5 cm³/mol. The van der Waals surface area contributed by atoms with E-state index < -0.39 is 11.6 Å². The molecule has 1 saturated heterocycles.